The van der Waals surface area contributed by atoms with Crippen molar-refractivity contribution in [1.29, 1.82) is 0 Å². The average Bonchev–Trinajstić information content (AvgIpc) is 3.19. The predicted octanol–water partition coefficient (Wildman–Crippen LogP) is 2.23. The molecule has 2 aromatic rings. The maximum Gasteiger partial charge on any atom is 0.315 e. The Morgan fingerprint density at radius 2 is 1.72 bits per heavy atom. The second-order valence-electron chi connectivity index (χ2n) is 9.12. The first-order valence-electron chi connectivity index (χ1n) is 10.7. The van der Waals surface area contributed by atoms with E-state index in [-0.39, 0.29) is 30.7 Å². The van der Waals surface area contributed by atoms with Crippen LogP contribution in [0.5, 0.6) is 5.75 Å². The monoisotopic (exact) mass is 453 g/mol. The van der Waals surface area contributed by atoms with E-state index in [0.29, 0.717) is 11.3 Å². The Kier molecular flexibility index (Phi) is 7.03. The van der Waals surface area contributed by atoms with Crippen molar-refractivity contribution < 1.29 is 19.1 Å². The van der Waals surface area contributed by atoms with Crippen molar-refractivity contribution in [3.05, 3.63) is 59.7 Å². The Hall–Kier alpha value is -3.13. The van der Waals surface area contributed by atoms with E-state index < -0.39 is 20.2 Å². The smallest absolute Gasteiger partial charge is 0.315 e. The lowest BCUT2D eigenvalue weighted by atomic mass is 9.95. The standard InChI is InChI=1S/C24H31N3O4Si/c1-27(23(29)20-15-25-24(30)26-20)22(17-8-10-18(31-2)11-9-17)21(28)14-16-6-12-19(13-7-16)32(3,4)5/h6-13,20,22H,14-15H2,1-5H3,(H2,25,26,30). The summed E-state index contributed by atoms with van der Waals surface area (Å²) in [5.74, 6) is 0.263. The van der Waals surface area contributed by atoms with Gasteiger partial charge in [-0.1, -0.05) is 61.2 Å². The van der Waals surface area contributed by atoms with Gasteiger partial charge in [0.2, 0.25) is 5.91 Å². The van der Waals surface area contributed by atoms with E-state index in [0.717, 1.165) is 5.56 Å². The van der Waals surface area contributed by atoms with E-state index in [1.807, 2.05) is 12.1 Å². The Morgan fingerprint density at radius 3 is 2.22 bits per heavy atom. The molecule has 2 atom stereocenters. The van der Waals surface area contributed by atoms with Gasteiger partial charge < -0.3 is 20.3 Å². The summed E-state index contributed by atoms with van der Waals surface area (Å²) in [6, 6.07) is 13.5. The Balaban J connectivity index is 1.86. The number of ketones is 1. The molecule has 0 bridgehead atoms. The summed E-state index contributed by atoms with van der Waals surface area (Å²) in [7, 11) is 1.76. The summed E-state index contributed by atoms with van der Waals surface area (Å²) >= 11 is 0. The van der Waals surface area contributed by atoms with Crippen LogP contribution in [0.15, 0.2) is 48.5 Å². The minimum atomic E-state index is -1.42. The van der Waals surface area contributed by atoms with E-state index in [9.17, 15) is 14.4 Å². The molecule has 2 N–H and O–H groups in total. The topological polar surface area (TPSA) is 87.7 Å². The highest BCUT2D eigenvalue weighted by Crippen LogP contribution is 2.25. The zero-order chi connectivity index (χ0) is 23.5. The first kappa shape index (κ1) is 23.5. The molecule has 32 heavy (non-hydrogen) atoms. The van der Waals surface area contributed by atoms with E-state index in [4.69, 9.17) is 4.74 Å². The molecule has 8 heteroatoms. The van der Waals surface area contributed by atoms with E-state index in [1.165, 1.54) is 10.1 Å². The number of ether oxygens (including phenoxy) is 1. The van der Waals surface area contributed by atoms with Gasteiger partial charge in [0, 0.05) is 20.0 Å². The van der Waals surface area contributed by atoms with E-state index >= 15 is 0 Å². The number of likely N-dealkylation sites (N-methyl/N-ethyl adjacent to an activating group) is 1. The first-order chi connectivity index (χ1) is 15.1. The second kappa shape index (κ2) is 9.56. The number of rotatable bonds is 8. The molecule has 7 nitrogen and oxygen atoms in total. The molecule has 0 aliphatic carbocycles. The zero-order valence-electron chi connectivity index (χ0n) is 19.3. The summed E-state index contributed by atoms with van der Waals surface area (Å²) in [5, 5.41) is 6.52. The molecular weight excluding hydrogens is 422 g/mol. The van der Waals surface area contributed by atoms with Gasteiger partial charge in [-0.25, -0.2) is 4.79 Å². The van der Waals surface area contributed by atoms with Crippen LogP contribution >= 0.6 is 0 Å². The number of urea groups is 1. The molecule has 0 spiro atoms. The molecule has 170 valence electrons. The number of amides is 3. The van der Waals surface area contributed by atoms with Gasteiger partial charge in [0.1, 0.15) is 17.8 Å². The molecule has 2 unspecified atom stereocenters. The van der Waals surface area contributed by atoms with Crippen molar-refractivity contribution in [1.82, 2.24) is 15.5 Å². The van der Waals surface area contributed by atoms with Gasteiger partial charge in [-0.05, 0) is 23.3 Å². The van der Waals surface area contributed by atoms with Crippen molar-refractivity contribution in [3.8, 4) is 5.75 Å². The number of Topliss-reactive ketones (excluding diaryl/α,β-unsaturated/α-hetero) is 1. The zero-order valence-corrected chi connectivity index (χ0v) is 20.3. The van der Waals surface area contributed by atoms with Crippen molar-refractivity contribution >= 4 is 31.0 Å². The lowest BCUT2D eigenvalue weighted by molar-refractivity contribution is -0.139. The van der Waals surface area contributed by atoms with Gasteiger partial charge in [-0.3, -0.25) is 9.59 Å². The van der Waals surface area contributed by atoms with Gasteiger partial charge in [0.15, 0.2) is 5.78 Å². The van der Waals surface area contributed by atoms with Crippen LogP contribution in [0.2, 0.25) is 19.6 Å². The predicted molar refractivity (Wildman–Crippen MR) is 127 cm³/mol. The maximum absolute atomic E-state index is 13.5. The highest BCUT2D eigenvalue weighted by Gasteiger charge is 2.35. The van der Waals surface area contributed by atoms with Crippen LogP contribution in [0.3, 0.4) is 0 Å². The molecule has 1 saturated heterocycles. The molecule has 1 fully saturated rings. The summed E-state index contributed by atoms with van der Waals surface area (Å²) in [5.41, 5.74) is 1.61. The van der Waals surface area contributed by atoms with Gasteiger partial charge in [-0.2, -0.15) is 0 Å². The van der Waals surface area contributed by atoms with Crippen molar-refractivity contribution in [2.45, 2.75) is 38.1 Å². The second-order valence-corrected chi connectivity index (χ2v) is 14.2. The van der Waals surface area contributed by atoms with Gasteiger partial charge in [0.05, 0.1) is 15.2 Å². The molecule has 2 aromatic carbocycles. The number of methoxy groups -OCH3 is 1. The summed E-state index contributed by atoms with van der Waals surface area (Å²) in [6.07, 6.45) is 0.204. The molecule has 3 amide bonds. The molecule has 0 aromatic heterocycles. The number of benzene rings is 2. The van der Waals surface area contributed by atoms with Crippen LogP contribution in [0, 0.1) is 0 Å². The third-order valence-electron chi connectivity index (χ3n) is 5.74. The van der Waals surface area contributed by atoms with Crippen LogP contribution in [0.25, 0.3) is 0 Å². The fourth-order valence-corrected chi connectivity index (χ4v) is 4.98. The molecule has 1 aliphatic heterocycles. The molecule has 0 saturated carbocycles. The molecule has 1 heterocycles. The fraction of sp³-hybridized carbons (Fsp3) is 0.375. The molecule has 0 radical (unpaired) electrons. The summed E-state index contributed by atoms with van der Waals surface area (Å²) in [6.45, 7) is 7.04. The van der Waals surface area contributed by atoms with Gasteiger partial charge >= 0.3 is 6.03 Å². The highest BCUT2D eigenvalue weighted by molar-refractivity contribution is 6.88. The first-order valence-corrected chi connectivity index (χ1v) is 14.2. The van der Waals surface area contributed by atoms with Crippen molar-refractivity contribution in [2.24, 2.45) is 0 Å². The van der Waals surface area contributed by atoms with Crippen molar-refractivity contribution in [3.63, 3.8) is 0 Å². The fourth-order valence-electron chi connectivity index (χ4n) is 3.81. The number of nitrogens with one attached hydrogen (secondary N) is 2. The maximum atomic E-state index is 13.5. The van der Waals surface area contributed by atoms with Crippen LogP contribution in [0.1, 0.15) is 17.2 Å². The molecule has 1 aliphatic rings. The number of hydrogen-bond donors (Lipinski definition) is 2. The third-order valence-corrected chi connectivity index (χ3v) is 7.81. The lowest BCUT2D eigenvalue weighted by Gasteiger charge is -2.29. The highest BCUT2D eigenvalue weighted by atomic mass is 28.3. The minimum absolute atomic E-state index is 0.0935. The number of hydrogen-bond acceptors (Lipinski definition) is 4. The van der Waals surface area contributed by atoms with E-state index in [2.05, 4.69) is 42.4 Å². The average molecular weight is 454 g/mol. The molecule has 3 rings (SSSR count). The minimum Gasteiger partial charge on any atom is -0.497 e. The third kappa shape index (κ3) is 5.37. The van der Waals surface area contributed by atoms with Crippen LogP contribution in [-0.2, 0) is 16.0 Å². The SMILES string of the molecule is COc1ccc(C(C(=O)Cc2ccc([Si](C)(C)C)cc2)N(C)C(=O)C2CNC(=O)N2)cc1. The van der Waals surface area contributed by atoms with Gasteiger partial charge in [0.25, 0.3) is 0 Å². The Morgan fingerprint density at radius 1 is 1.09 bits per heavy atom. The summed E-state index contributed by atoms with van der Waals surface area (Å²) < 4.78 is 5.23. The normalized spacial score (nSPS) is 16.7. The van der Waals surface area contributed by atoms with Crippen LogP contribution in [0.4, 0.5) is 4.79 Å². The molecular formula is C24H31N3O4Si. The van der Waals surface area contributed by atoms with E-state index in [1.54, 1.807) is 38.4 Å². The Labute approximate surface area is 190 Å². The summed E-state index contributed by atoms with van der Waals surface area (Å²) in [4.78, 5) is 39.4. The number of nitrogens with zero attached hydrogens (tertiary/aromatic N) is 1. The van der Waals surface area contributed by atoms with Crippen LogP contribution in [-0.4, -0.2) is 57.4 Å². The van der Waals surface area contributed by atoms with Gasteiger partial charge in [-0.15, -0.1) is 0 Å². The number of carbonyl (C=O) groups is 3. The quantitative estimate of drug-likeness (QED) is 0.600. The van der Waals surface area contributed by atoms with Crippen LogP contribution < -0.4 is 20.6 Å². The lowest BCUT2D eigenvalue weighted by Crippen LogP contribution is -2.47. The van der Waals surface area contributed by atoms with Crippen molar-refractivity contribution in [2.75, 3.05) is 20.7 Å². The largest absolute Gasteiger partial charge is 0.497 e. The Bertz CT molecular complexity index is 984. The number of carbonyl (C=O) groups excluding carboxylic acids is 3.